The molecule has 0 bridgehead atoms. The fourth-order valence-corrected chi connectivity index (χ4v) is 2.80. The van der Waals surface area contributed by atoms with Crippen molar-refractivity contribution in [1.82, 2.24) is 4.98 Å². The van der Waals surface area contributed by atoms with E-state index in [-0.39, 0.29) is 11.8 Å². The first-order valence-electron chi connectivity index (χ1n) is 9.29. The average molecular weight is 385 g/mol. The first-order valence-corrected chi connectivity index (χ1v) is 9.29. The number of rotatable bonds is 5. The lowest BCUT2D eigenvalue weighted by Gasteiger charge is -2.18. The molecular weight excluding hydrogens is 362 g/mol. The minimum absolute atomic E-state index is 0.112. The third-order valence-corrected chi connectivity index (χ3v) is 4.42. The maximum absolute atomic E-state index is 12.8. The summed E-state index contributed by atoms with van der Waals surface area (Å²) in [6, 6.07) is 18.6. The predicted octanol–water partition coefficient (Wildman–Crippen LogP) is 4.63. The number of benzene rings is 2. The van der Waals surface area contributed by atoms with Crippen LogP contribution in [0, 0.1) is 13.8 Å². The summed E-state index contributed by atoms with van der Waals surface area (Å²) in [5.41, 5.74) is 4.27. The van der Waals surface area contributed by atoms with Crippen LogP contribution < -0.4 is 10.2 Å². The molecule has 2 amide bonds. The van der Waals surface area contributed by atoms with Crippen LogP contribution in [0.3, 0.4) is 0 Å². The number of aromatic nitrogens is 1. The highest BCUT2D eigenvalue weighted by molar-refractivity contribution is 6.06. The highest BCUT2D eigenvalue weighted by Gasteiger charge is 2.13. The van der Waals surface area contributed by atoms with E-state index in [0.717, 1.165) is 22.4 Å². The molecule has 0 saturated heterocycles. The van der Waals surface area contributed by atoms with Crippen molar-refractivity contribution in [3.8, 4) is 0 Å². The van der Waals surface area contributed by atoms with Gasteiger partial charge in [0, 0.05) is 30.6 Å². The molecule has 0 fully saturated rings. The van der Waals surface area contributed by atoms with Gasteiger partial charge < -0.3 is 10.2 Å². The van der Waals surface area contributed by atoms with E-state index in [0.29, 0.717) is 11.4 Å². The second-order valence-electron chi connectivity index (χ2n) is 6.87. The van der Waals surface area contributed by atoms with Crippen molar-refractivity contribution in [2.75, 3.05) is 17.3 Å². The van der Waals surface area contributed by atoms with Crippen LogP contribution in [0.15, 0.2) is 72.9 Å². The molecule has 1 heterocycles. The summed E-state index contributed by atoms with van der Waals surface area (Å²) in [5.74, 6) is 0.100. The molecular formula is C24H23N3O2. The van der Waals surface area contributed by atoms with E-state index in [9.17, 15) is 9.59 Å². The Morgan fingerprint density at radius 1 is 0.966 bits per heavy atom. The Balaban J connectivity index is 1.70. The fraction of sp³-hybridized carbons (Fsp3) is 0.125. The molecule has 3 rings (SSSR count). The van der Waals surface area contributed by atoms with Crippen molar-refractivity contribution in [2.24, 2.45) is 0 Å². The monoisotopic (exact) mass is 385 g/mol. The Kier molecular flexibility index (Phi) is 6.19. The van der Waals surface area contributed by atoms with Gasteiger partial charge in [-0.1, -0.05) is 30.3 Å². The molecule has 5 heteroatoms. The Morgan fingerprint density at radius 3 is 2.48 bits per heavy atom. The quantitative estimate of drug-likeness (QED) is 0.652. The fourth-order valence-electron chi connectivity index (χ4n) is 2.80. The van der Waals surface area contributed by atoms with Crippen LogP contribution in [0.4, 0.5) is 11.5 Å². The molecule has 29 heavy (non-hydrogen) atoms. The Hall–Kier alpha value is -3.73. The molecule has 146 valence electrons. The van der Waals surface area contributed by atoms with Gasteiger partial charge in [0.1, 0.15) is 5.82 Å². The van der Waals surface area contributed by atoms with E-state index in [1.54, 1.807) is 48.5 Å². The number of nitrogens with one attached hydrogen (secondary N) is 1. The highest BCUT2D eigenvalue weighted by atomic mass is 16.2. The van der Waals surface area contributed by atoms with Crippen LogP contribution in [-0.2, 0) is 4.79 Å². The topological polar surface area (TPSA) is 62.3 Å². The number of carbonyl (C=O) groups is 2. The lowest BCUT2D eigenvalue weighted by Crippen LogP contribution is -2.26. The van der Waals surface area contributed by atoms with Crippen LogP contribution >= 0.6 is 0 Å². The number of hydrogen-bond acceptors (Lipinski definition) is 3. The minimum Gasteiger partial charge on any atom is -0.311 e. The summed E-state index contributed by atoms with van der Waals surface area (Å²) in [6.07, 6.45) is 4.79. The van der Waals surface area contributed by atoms with Crippen molar-refractivity contribution in [3.05, 3.63) is 95.2 Å². The highest BCUT2D eigenvalue weighted by Crippen LogP contribution is 2.18. The summed E-state index contributed by atoms with van der Waals surface area (Å²) in [5, 5.41) is 2.71. The number of hydrogen-bond donors (Lipinski definition) is 1. The van der Waals surface area contributed by atoms with Crippen LogP contribution in [0.2, 0.25) is 0 Å². The molecule has 0 spiro atoms. The second-order valence-corrected chi connectivity index (χ2v) is 6.87. The molecule has 0 atom stereocenters. The van der Waals surface area contributed by atoms with Gasteiger partial charge in [0.05, 0.1) is 0 Å². The van der Waals surface area contributed by atoms with Gasteiger partial charge in [-0.3, -0.25) is 9.59 Å². The summed E-state index contributed by atoms with van der Waals surface area (Å²) >= 11 is 0. The Labute approximate surface area is 170 Å². The summed E-state index contributed by atoms with van der Waals surface area (Å²) in [7, 11) is 1.75. The van der Waals surface area contributed by atoms with Gasteiger partial charge in [0.25, 0.3) is 5.91 Å². The van der Waals surface area contributed by atoms with Gasteiger partial charge >= 0.3 is 0 Å². The number of pyridine rings is 1. The molecule has 0 aliphatic rings. The van der Waals surface area contributed by atoms with E-state index in [4.69, 9.17) is 0 Å². The van der Waals surface area contributed by atoms with Gasteiger partial charge in [-0.15, -0.1) is 0 Å². The molecule has 0 saturated carbocycles. The molecule has 2 aromatic carbocycles. The summed E-state index contributed by atoms with van der Waals surface area (Å²) in [4.78, 5) is 30.7. The molecule has 0 unspecified atom stereocenters. The van der Waals surface area contributed by atoms with E-state index >= 15 is 0 Å². The minimum atomic E-state index is -0.282. The number of carbonyl (C=O) groups excluding carboxylic acids is 2. The van der Waals surface area contributed by atoms with Crippen molar-refractivity contribution in [3.63, 3.8) is 0 Å². The van der Waals surface area contributed by atoms with E-state index in [2.05, 4.69) is 10.3 Å². The zero-order valence-corrected chi connectivity index (χ0v) is 16.7. The number of amides is 2. The van der Waals surface area contributed by atoms with Crippen molar-refractivity contribution in [2.45, 2.75) is 13.8 Å². The van der Waals surface area contributed by atoms with Gasteiger partial charge in [0.2, 0.25) is 5.91 Å². The lowest BCUT2D eigenvalue weighted by atomic mass is 10.1. The smallest absolute Gasteiger partial charge is 0.258 e. The first kappa shape index (κ1) is 20.0. The first-order chi connectivity index (χ1) is 13.9. The van der Waals surface area contributed by atoms with E-state index in [1.165, 1.54) is 6.08 Å². The van der Waals surface area contributed by atoms with Gasteiger partial charge in [0.15, 0.2) is 0 Å². The van der Waals surface area contributed by atoms with Crippen molar-refractivity contribution < 1.29 is 9.59 Å². The molecule has 1 N–H and O–H groups in total. The van der Waals surface area contributed by atoms with Crippen LogP contribution in [-0.4, -0.2) is 23.8 Å². The third-order valence-electron chi connectivity index (χ3n) is 4.42. The van der Waals surface area contributed by atoms with Crippen LogP contribution in [0.1, 0.15) is 27.0 Å². The third kappa shape index (κ3) is 5.39. The SMILES string of the molecule is Cc1ccc(NC(=O)/C=C/c2cccc(C(=O)N(C)c3cccc(C)c3)c2)nc1. The van der Waals surface area contributed by atoms with Gasteiger partial charge in [-0.25, -0.2) is 4.98 Å². The zero-order valence-electron chi connectivity index (χ0n) is 16.7. The normalized spacial score (nSPS) is 10.7. The molecule has 3 aromatic rings. The van der Waals surface area contributed by atoms with Crippen LogP contribution in [0.25, 0.3) is 6.08 Å². The predicted molar refractivity (Wildman–Crippen MR) is 117 cm³/mol. The average Bonchev–Trinajstić information content (AvgIpc) is 2.73. The van der Waals surface area contributed by atoms with Crippen LogP contribution in [0.5, 0.6) is 0 Å². The van der Waals surface area contributed by atoms with Crippen molar-refractivity contribution in [1.29, 1.82) is 0 Å². The number of nitrogens with zero attached hydrogens (tertiary/aromatic N) is 2. The summed E-state index contributed by atoms with van der Waals surface area (Å²) < 4.78 is 0. The van der Waals surface area contributed by atoms with E-state index < -0.39 is 0 Å². The maximum Gasteiger partial charge on any atom is 0.258 e. The number of anilines is 2. The summed E-state index contributed by atoms with van der Waals surface area (Å²) in [6.45, 7) is 3.92. The Bertz CT molecular complexity index is 1060. The lowest BCUT2D eigenvalue weighted by molar-refractivity contribution is -0.111. The standard InChI is InChI=1S/C24H23N3O2/c1-17-6-4-9-21(14-17)27(3)24(29)20-8-5-7-19(15-20)11-13-23(28)26-22-12-10-18(2)16-25-22/h4-16H,1-3H3,(H,25,26,28)/b13-11+. The van der Waals surface area contributed by atoms with Crippen molar-refractivity contribution >= 4 is 29.4 Å². The number of aryl methyl sites for hydroxylation is 2. The zero-order chi connectivity index (χ0) is 20.8. The molecule has 0 radical (unpaired) electrons. The molecule has 5 nitrogen and oxygen atoms in total. The van der Waals surface area contributed by atoms with Gasteiger partial charge in [-0.2, -0.15) is 0 Å². The molecule has 1 aromatic heterocycles. The van der Waals surface area contributed by atoms with E-state index in [1.807, 2.05) is 50.2 Å². The molecule has 0 aliphatic carbocycles. The molecule has 0 aliphatic heterocycles. The Morgan fingerprint density at radius 2 is 1.76 bits per heavy atom. The second kappa shape index (κ2) is 8.97. The largest absolute Gasteiger partial charge is 0.311 e. The van der Waals surface area contributed by atoms with Gasteiger partial charge in [-0.05, 0) is 66.9 Å². The maximum atomic E-state index is 12.8.